The molecule has 17 nitrogen and oxygen atoms in total. The molecule has 244 valence electrons. The lowest BCUT2D eigenvalue weighted by atomic mass is 10.1. The van der Waals surface area contributed by atoms with Gasteiger partial charge in [-0.3, -0.25) is 0 Å². The minimum atomic E-state index is -1.59. The molecule has 4 rings (SSSR count). The first-order valence-electron chi connectivity index (χ1n) is 13.2. The third kappa shape index (κ3) is 8.72. The van der Waals surface area contributed by atoms with E-state index in [-0.39, 0.29) is 57.2 Å². The molecule has 47 heavy (non-hydrogen) atoms. The van der Waals surface area contributed by atoms with Gasteiger partial charge < -0.3 is 68.8 Å². The monoisotopic (exact) mass is 647 g/mol. The second-order valence-electron chi connectivity index (χ2n) is 9.38. The number of rotatable bonds is 15. The molecule has 0 fully saturated rings. The van der Waals surface area contributed by atoms with E-state index in [9.17, 15) is 49.8 Å². The molecular formula is C30H21N3O14-4. The highest BCUT2D eigenvalue weighted by atomic mass is 16.5. The number of nitrogens with zero attached hydrogens (tertiary/aromatic N) is 3. The van der Waals surface area contributed by atoms with Crippen molar-refractivity contribution in [2.45, 2.75) is 13.0 Å². The van der Waals surface area contributed by atoms with E-state index in [1.165, 1.54) is 49.4 Å². The zero-order valence-electron chi connectivity index (χ0n) is 24.0. The van der Waals surface area contributed by atoms with Crippen LogP contribution < -0.4 is 39.4 Å². The summed E-state index contributed by atoms with van der Waals surface area (Å²) in [6, 6.07) is 11.2. The predicted molar refractivity (Wildman–Crippen MR) is 146 cm³/mol. The molecule has 0 saturated carbocycles. The number of carboxylic acid groups (broad SMARTS) is 4. The van der Waals surface area contributed by atoms with Gasteiger partial charge in [0, 0.05) is 18.2 Å². The van der Waals surface area contributed by atoms with Crippen molar-refractivity contribution >= 4 is 23.9 Å². The van der Waals surface area contributed by atoms with Crippen molar-refractivity contribution in [1.82, 2.24) is 15.0 Å². The lowest BCUT2D eigenvalue weighted by Crippen LogP contribution is -2.37. The van der Waals surface area contributed by atoms with Crippen molar-refractivity contribution in [2.24, 2.45) is 0 Å². The number of carbonyl (C=O) groups is 4. The van der Waals surface area contributed by atoms with Crippen molar-refractivity contribution in [1.29, 1.82) is 0 Å². The zero-order valence-corrected chi connectivity index (χ0v) is 24.0. The van der Waals surface area contributed by atoms with Crippen LogP contribution in [0.5, 0.6) is 34.5 Å². The Morgan fingerprint density at radius 1 is 0.617 bits per heavy atom. The maximum absolute atomic E-state index is 11.5. The second-order valence-corrected chi connectivity index (χ2v) is 9.38. The molecule has 0 amide bonds. The fraction of sp³-hybridized carbons (Fsp3) is 0.167. The molecule has 17 heteroatoms. The molecule has 1 atom stereocenters. The molecule has 0 spiro atoms. The van der Waals surface area contributed by atoms with Gasteiger partial charge in [0.1, 0.15) is 60.4 Å². The van der Waals surface area contributed by atoms with Crippen LogP contribution in [-0.4, -0.2) is 75.0 Å². The van der Waals surface area contributed by atoms with Crippen LogP contribution in [0.25, 0.3) is 34.2 Å². The Hall–Kier alpha value is -6.65. The van der Waals surface area contributed by atoms with Gasteiger partial charge in [-0.05, 0) is 43.3 Å². The lowest BCUT2D eigenvalue weighted by Gasteiger charge is -2.19. The fourth-order valence-corrected chi connectivity index (χ4v) is 3.86. The molecule has 3 aromatic carbocycles. The van der Waals surface area contributed by atoms with E-state index >= 15 is 0 Å². The van der Waals surface area contributed by atoms with Gasteiger partial charge in [-0.1, -0.05) is 0 Å². The summed E-state index contributed by atoms with van der Waals surface area (Å²) in [7, 11) is 0. The summed E-state index contributed by atoms with van der Waals surface area (Å²) >= 11 is 0. The zero-order chi connectivity index (χ0) is 34.2. The fourth-order valence-electron chi connectivity index (χ4n) is 3.86. The van der Waals surface area contributed by atoms with Gasteiger partial charge in [0.25, 0.3) is 0 Å². The molecule has 4 aromatic rings. The average Bonchev–Trinajstić information content (AvgIpc) is 3.01. The van der Waals surface area contributed by atoms with Crippen LogP contribution in [0.2, 0.25) is 0 Å². The van der Waals surface area contributed by atoms with Gasteiger partial charge in [-0.25, -0.2) is 15.0 Å². The van der Waals surface area contributed by atoms with Crippen LogP contribution >= 0.6 is 0 Å². The van der Waals surface area contributed by atoms with Gasteiger partial charge in [-0.2, -0.15) is 0 Å². The number of aliphatic carboxylic acids is 4. The van der Waals surface area contributed by atoms with E-state index in [2.05, 4.69) is 15.0 Å². The summed E-state index contributed by atoms with van der Waals surface area (Å²) in [4.78, 5) is 57.0. The number of carboxylic acids is 4. The highest BCUT2D eigenvalue weighted by Crippen LogP contribution is 2.38. The Morgan fingerprint density at radius 3 is 1.34 bits per heavy atom. The molecule has 0 saturated heterocycles. The van der Waals surface area contributed by atoms with Crippen LogP contribution in [0.3, 0.4) is 0 Å². The van der Waals surface area contributed by atoms with Crippen molar-refractivity contribution in [3.05, 3.63) is 54.6 Å². The molecule has 2 N–H and O–H groups in total. The highest BCUT2D eigenvalue weighted by molar-refractivity contribution is 5.76. The number of hydrogen-bond donors (Lipinski definition) is 2. The SMILES string of the molecule is CC(Oc1cc(OCC(=O)[O-])ccc1-c1nc(-c2ccc(OCC(=O)[O-])cc2O)nc(-c2ccc(OCC(=O)[O-])cc2O)n1)C(=O)[O-]. The van der Waals surface area contributed by atoms with Crippen LogP contribution in [0, 0.1) is 0 Å². The van der Waals surface area contributed by atoms with E-state index < -0.39 is 61.3 Å². The number of aromatic nitrogens is 3. The largest absolute Gasteiger partial charge is 0.546 e. The number of ether oxygens (including phenoxy) is 4. The van der Waals surface area contributed by atoms with Crippen molar-refractivity contribution < 1.29 is 68.8 Å². The summed E-state index contributed by atoms with van der Waals surface area (Å²) in [5.41, 5.74) is -0.0298. The van der Waals surface area contributed by atoms with Gasteiger partial charge in [0.05, 0.1) is 40.6 Å². The molecule has 1 unspecified atom stereocenters. The lowest BCUT2D eigenvalue weighted by molar-refractivity contribution is -0.313. The quantitative estimate of drug-likeness (QED) is 0.132. The maximum Gasteiger partial charge on any atom is 0.167 e. The summed E-state index contributed by atoms with van der Waals surface area (Å²) in [6.45, 7) is -1.26. The Bertz CT molecular complexity index is 1760. The Balaban J connectivity index is 1.89. The molecular weight excluding hydrogens is 626 g/mol. The van der Waals surface area contributed by atoms with Gasteiger partial charge >= 0.3 is 0 Å². The normalized spacial score (nSPS) is 11.3. The topological polar surface area (TPSA) is 277 Å². The minimum Gasteiger partial charge on any atom is -0.546 e. The Labute approximate surface area is 263 Å². The number of hydrogen-bond acceptors (Lipinski definition) is 17. The summed E-state index contributed by atoms with van der Waals surface area (Å²) in [5, 5.41) is 65.4. The summed E-state index contributed by atoms with van der Waals surface area (Å²) in [6.07, 6.45) is -1.53. The molecule has 1 heterocycles. The molecule has 0 aliphatic carbocycles. The third-order valence-corrected chi connectivity index (χ3v) is 5.96. The van der Waals surface area contributed by atoms with Gasteiger partial charge in [0.2, 0.25) is 0 Å². The van der Waals surface area contributed by atoms with E-state index in [0.717, 1.165) is 12.1 Å². The number of benzene rings is 3. The first kappa shape index (κ1) is 33.2. The van der Waals surface area contributed by atoms with E-state index in [0.29, 0.717) is 0 Å². The van der Waals surface area contributed by atoms with Crippen LogP contribution in [0.15, 0.2) is 54.6 Å². The number of phenols is 2. The molecule has 0 aliphatic heterocycles. The van der Waals surface area contributed by atoms with Crippen LogP contribution in [-0.2, 0) is 19.2 Å². The number of carbonyl (C=O) groups excluding carboxylic acids is 4. The maximum atomic E-state index is 11.5. The minimum absolute atomic E-state index is 0.0191. The van der Waals surface area contributed by atoms with Crippen molar-refractivity contribution in [3.63, 3.8) is 0 Å². The second kappa shape index (κ2) is 14.4. The number of aromatic hydroxyl groups is 2. The van der Waals surface area contributed by atoms with E-state index in [1.807, 2.05) is 0 Å². The van der Waals surface area contributed by atoms with Gasteiger partial charge in [0.15, 0.2) is 17.5 Å². The van der Waals surface area contributed by atoms with Crippen molar-refractivity contribution in [2.75, 3.05) is 19.8 Å². The van der Waals surface area contributed by atoms with Crippen LogP contribution in [0.4, 0.5) is 0 Å². The number of phenolic OH excluding ortho intramolecular Hbond substituents is 2. The van der Waals surface area contributed by atoms with Gasteiger partial charge in [-0.15, -0.1) is 0 Å². The standard InChI is InChI=1S/C30H25N3O14/c1-14(30(42)43)47-23-10-17(46-13-26(40)41)4-7-20(23)29-32-27(18-5-2-15(8-21(18)34)44-11-24(36)37)31-28(33-29)19-6-3-16(9-22(19)35)45-12-25(38)39/h2-10,14,34-35H,11-13H2,1H3,(H,36,37)(H,38,39)(H,40,41)(H,42,43)/p-4. The first-order chi connectivity index (χ1) is 22.3. The molecule has 1 aromatic heterocycles. The Morgan fingerprint density at radius 2 is 0.979 bits per heavy atom. The summed E-state index contributed by atoms with van der Waals surface area (Å²) in [5.74, 6) is -8.00. The first-order valence-corrected chi connectivity index (χ1v) is 13.2. The molecule has 0 aliphatic rings. The molecule has 0 radical (unpaired) electrons. The van der Waals surface area contributed by atoms with E-state index in [1.54, 1.807) is 0 Å². The Kier molecular flexibility index (Phi) is 10.2. The highest BCUT2D eigenvalue weighted by Gasteiger charge is 2.21. The predicted octanol–water partition coefficient (Wildman–Crippen LogP) is -2.81. The third-order valence-electron chi connectivity index (χ3n) is 5.96. The van der Waals surface area contributed by atoms with Crippen LogP contribution in [0.1, 0.15) is 6.92 Å². The smallest absolute Gasteiger partial charge is 0.167 e. The van der Waals surface area contributed by atoms with Crippen molar-refractivity contribution in [3.8, 4) is 68.7 Å². The van der Waals surface area contributed by atoms with E-state index in [4.69, 9.17) is 18.9 Å². The molecule has 0 bridgehead atoms. The average molecular weight is 648 g/mol. The summed E-state index contributed by atoms with van der Waals surface area (Å²) < 4.78 is 20.7.